The number of ether oxygens (including phenoxy) is 1. The number of aryl methyl sites for hydroxylation is 1. The Morgan fingerprint density at radius 3 is 2.76 bits per heavy atom. The summed E-state index contributed by atoms with van der Waals surface area (Å²) in [5.41, 5.74) is 1.03. The largest absolute Gasteiger partial charge is 0.455 e. The molecule has 4 rings (SSSR count). The monoisotopic (exact) mass is 427 g/mol. The van der Waals surface area contributed by atoms with Crippen LogP contribution in [0.5, 0.6) is 11.5 Å². The van der Waals surface area contributed by atoms with Gasteiger partial charge in [-0.3, -0.25) is 14.5 Å². The molecule has 0 aliphatic carbocycles. The Bertz CT molecular complexity index is 1070. The summed E-state index contributed by atoms with van der Waals surface area (Å²) in [4.78, 5) is 31.4. The highest BCUT2D eigenvalue weighted by Gasteiger charge is 2.27. The van der Waals surface area contributed by atoms with Gasteiger partial charge in [0.05, 0.1) is 11.4 Å². The molecule has 2 aromatic carbocycles. The molecule has 1 N–H and O–H groups in total. The van der Waals surface area contributed by atoms with Gasteiger partial charge in [-0.15, -0.1) is 0 Å². The highest BCUT2D eigenvalue weighted by Crippen LogP contribution is 2.34. The van der Waals surface area contributed by atoms with Crippen LogP contribution in [0.25, 0.3) is 0 Å². The highest BCUT2D eigenvalue weighted by molar-refractivity contribution is 7.18. The smallest absolute Gasteiger partial charge is 0.267 e. The van der Waals surface area contributed by atoms with Gasteiger partial charge in [-0.25, -0.2) is 4.98 Å². The highest BCUT2D eigenvalue weighted by atomic mass is 35.5. The van der Waals surface area contributed by atoms with Crippen molar-refractivity contribution in [1.82, 2.24) is 4.98 Å². The Balaban J connectivity index is 1.58. The van der Waals surface area contributed by atoms with Gasteiger partial charge in [-0.1, -0.05) is 41.1 Å². The predicted molar refractivity (Wildman–Crippen MR) is 114 cm³/mol. The van der Waals surface area contributed by atoms with Crippen molar-refractivity contribution >= 4 is 45.6 Å². The second-order valence-corrected chi connectivity index (χ2v) is 7.98. The van der Waals surface area contributed by atoms with Gasteiger partial charge >= 0.3 is 0 Å². The zero-order valence-corrected chi connectivity index (χ0v) is 17.2. The number of anilines is 2. The van der Waals surface area contributed by atoms with Gasteiger partial charge in [-0.05, 0) is 43.7 Å². The molecule has 0 saturated carbocycles. The maximum Gasteiger partial charge on any atom is 0.267 e. The van der Waals surface area contributed by atoms with Gasteiger partial charge in [0.2, 0.25) is 5.91 Å². The van der Waals surface area contributed by atoms with Crippen LogP contribution in [0.4, 0.5) is 10.8 Å². The number of halogens is 1. The van der Waals surface area contributed by atoms with Crippen LogP contribution in [-0.4, -0.2) is 23.3 Å². The Labute approximate surface area is 177 Å². The van der Waals surface area contributed by atoms with Crippen molar-refractivity contribution in [2.45, 2.75) is 19.8 Å². The quantitative estimate of drug-likeness (QED) is 0.601. The number of amides is 2. The van der Waals surface area contributed by atoms with Gasteiger partial charge in [0.1, 0.15) is 10.6 Å². The summed E-state index contributed by atoms with van der Waals surface area (Å²) in [7, 11) is 0. The van der Waals surface area contributed by atoms with Gasteiger partial charge in [-0.2, -0.15) is 0 Å². The van der Waals surface area contributed by atoms with Gasteiger partial charge in [0.25, 0.3) is 5.91 Å². The third kappa shape index (κ3) is 4.26. The molecule has 0 bridgehead atoms. The standard InChI is InChI=1S/C21H18ClN3O3S/c1-13-19(29-21(23-13)25-11-5-8-18(25)26)20(27)24-16-12-14(22)9-10-17(16)28-15-6-3-2-4-7-15/h2-4,6-7,9-10,12H,5,8,11H2,1H3,(H,24,27). The van der Waals surface area contributed by atoms with E-state index >= 15 is 0 Å². The summed E-state index contributed by atoms with van der Waals surface area (Å²) in [5, 5.41) is 3.90. The van der Waals surface area contributed by atoms with Crippen LogP contribution in [-0.2, 0) is 4.79 Å². The van der Waals surface area contributed by atoms with E-state index in [0.29, 0.717) is 50.9 Å². The number of carbonyl (C=O) groups is 2. The van der Waals surface area contributed by atoms with E-state index in [-0.39, 0.29) is 11.8 Å². The average Bonchev–Trinajstić information content (AvgIpc) is 3.30. The minimum absolute atomic E-state index is 0.0408. The lowest BCUT2D eigenvalue weighted by molar-refractivity contribution is -0.117. The molecule has 1 aromatic heterocycles. The first-order chi connectivity index (χ1) is 14.0. The van der Waals surface area contributed by atoms with E-state index in [1.54, 1.807) is 30.0 Å². The van der Waals surface area contributed by atoms with Gasteiger partial charge in [0, 0.05) is 18.0 Å². The maximum atomic E-state index is 12.9. The summed E-state index contributed by atoms with van der Waals surface area (Å²) in [5.74, 6) is 0.845. The molecular formula is C21H18ClN3O3S. The SMILES string of the molecule is Cc1nc(N2CCCC2=O)sc1C(=O)Nc1cc(Cl)ccc1Oc1ccccc1. The molecule has 0 unspecified atom stereocenters. The first-order valence-electron chi connectivity index (χ1n) is 9.13. The van der Waals surface area contributed by atoms with Crippen LogP contribution in [0.15, 0.2) is 48.5 Å². The number of hydrogen-bond acceptors (Lipinski definition) is 5. The topological polar surface area (TPSA) is 71.5 Å². The van der Waals surface area contributed by atoms with E-state index in [1.165, 1.54) is 11.3 Å². The lowest BCUT2D eigenvalue weighted by atomic mass is 10.2. The van der Waals surface area contributed by atoms with Crippen molar-refractivity contribution in [2.75, 3.05) is 16.8 Å². The lowest BCUT2D eigenvalue weighted by Gasteiger charge is -2.12. The normalized spacial score (nSPS) is 13.6. The van der Waals surface area contributed by atoms with E-state index in [9.17, 15) is 9.59 Å². The Morgan fingerprint density at radius 1 is 1.24 bits per heavy atom. The number of para-hydroxylation sites is 1. The number of nitrogens with one attached hydrogen (secondary N) is 1. The molecule has 2 amide bonds. The van der Waals surface area contributed by atoms with Crippen molar-refractivity contribution in [3.05, 3.63) is 64.1 Å². The first kappa shape index (κ1) is 19.4. The third-order valence-corrected chi connectivity index (χ3v) is 5.87. The van der Waals surface area contributed by atoms with E-state index in [2.05, 4.69) is 10.3 Å². The lowest BCUT2D eigenvalue weighted by Crippen LogP contribution is -2.23. The number of rotatable bonds is 5. The van der Waals surface area contributed by atoms with Crippen molar-refractivity contribution in [2.24, 2.45) is 0 Å². The molecule has 0 atom stereocenters. The third-order valence-electron chi connectivity index (χ3n) is 4.46. The zero-order chi connectivity index (χ0) is 20.4. The predicted octanol–water partition coefficient (Wildman–Crippen LogP) is 5.28. The number of hydrogen-bond donors (Lipinski definition) is 1. The molecular weight excluding hydrogens is 410 g/mol. The minimum atomic E-state index is -0.321. The second-order valence-electron chi connectivity index (χ2n) is 6.57. The summed E-state index contributed by atoms with van der Waals surface area (Å²) in [6.45, 7) is 2.39. The fourth-order valence-corrected chi connectivity index (χ4v) is 4.22. The van der Waals surface area contributed by atoms with Crippen molar-refractivity contribution in [3.63, 3.8) is 0 Å². The summed E-state index contributed by atoms with van der Waals surface area (Å²) < 4.78 is 5.89. The van der Waals surface area contributed by atoms with Gasteiger partial charge < -0.3 is 10.1 Å². The van der Waals surface area contributed by atoms with E-state index in [1.807, 2.05) is 30.3 Å². The molecule has 1 fully saturated rings. The number of nitrogens with zero attached hydrogens (tertiary/aromatic N) is 2. The molecule has 29 heavy (non-hydrogen) atoms. The maximum absolute atomic E-state index is 12.9. The summed E-state index contributed by atoms with van der Waals surface area (Å²) in [6, 6.07) is 14.3. The number of carbonyl (C=O) groups excluding carboxylic acids is 2. The van der Waals surface area contributed by atoms with Crippen molar-refractivity contribution in [1.29, 1.82) is 0 Å². The molecule has 3 aromatic rings. The molecule has 1 aliphatic rings. The molecule has 0 spiro atoms. The first-order valence-corrected chi connectivity index (χ1v) is 10.3. The Morgan fingerprint density at radius 2 is 2.03 bits per heavy atom. The molecule has 6 nitrogen and oxygen atoms in total. The molecule has 148 valence electrons. The number of benzene rings is 2. The van der Waals surface area contributed by atoms with Crippen LogP contribution < -0.4 is 15.0 Å². The minimum Gasteiger partial charge on any atom is -0.455 e. The van der Waals surface area contributed by atoms with E-state index in [4.69, 9.17) is 16.3 Å². The van der Waals surface area contributed by atoms with Crippen LogP contribution in [0.1, 0.15) is 28.2 Å². The van der Waals surface area contributed by atoms with Crippen molar-refractivity contribution < 1.29 is 14.3 Å². The van der Waals surface area contributed by atoms with Gasteiger partial charge in [0.15, 0.2) is 10.9 Å². The molecule has 1 aliphatic heterocycles. The van der Waals surface area contributed by atoms with Crippen LogP contribution in [0.2, 0.25) is 5.02 Å². The Kier molecular flexibility index (Phi) is 5.51. The van der Waals surface area contributed by atoms with Crippen LogP contribution >= 0.6 is 22.9 Å². The molecule has 2 heterocycles. The number of thiazole rings is 1. The zero-order valence-electron chi connectivity index (χ0n) is 15.6. The Hall–Kier alpha value is -2.90. The second kappa shape index (κ2) is 8.23. The number of aromatic nitrogens is 1. The summed E-state index contributed by atoms with van der Waals surface area (Å²) in [6.07, 6.45) is 1.32. The molecule has 0 radical (unpaired) electrons. The van der Waals surface area contributed by atoms with Crippen LogP contribution in [0.3, 0.4) is 0 Å². The average molecular weight is 428 g/mol. The fourth-order valence-electron chi connectivity index (χ4n) is 3.04. The van der Waals surface area contributed by atoms with Crippen molar-refractivity contribution in [3.8, 4) is 11.5 Å². The van der Waals surface area contributed by atoms with Crippen LogP contribution in [0, 0.1) is 6.92 Å². The fraction of sp³-hybridized carbons (Fsp3) is 0.190. The van der Waals surface area contributed by atoms with E-state index in [0.717, 1.165) is 6.42 Å². The van der Waals surface area contributed by atoms with E-state index < -0.39 is 0 Å². The summed E-state index contributed by atoms with van der Waals surface area (Å²) >= 11 is 7.34. The molecule has 1 saturated heterocycles. The molecule has 8 heteroatoms.